The van der Waals surface area contributed by atoms with Gasteiger partial charge in [0.1, 0.15) is 15.4 Å². The zero-order chi connectivity index (χ0) is 9.94. The van der Waals surface area contributed by atoms with E-state index in [-0.39, 0.29) is 5.91 Å². The topological polar surface area (TPSA) is 27.7 Å². The second-order valence-electron chi connectivity index (χ2n) is 2.61. The SMILES string of the molecule is CCCO[CH][SiH2]C(OCC)OCC. The fourth-order valence-electron chi connectivity index (χ4n) is 0.904. The van der Waals surface area contributed by atoms with Gasteiger partial charge in [0, 0.05) is 19.8 Å². The van der Waals surface area contributed by atoms with Gasteiger partial charge in [-0.05, 0) is 20.3 Å². The molecule has 0 aromatic rings. The normalized spacial score (nSPS) is 12.0. The van der Waals surface area contributed by atoms with Crippen molar-refractivity contribution in [2.45, 2.75) is 33.1 Å². The number of hydrogen-bond acceptors (Lipinski definition) is 3. The summed E-state index contributed by atoms with van der Waals surface area (Å²) in [5, 5.41) is 0. The molecule has 0 rings (SSSR count). The molecule has 79 valence electrons. The second kappa shape index (κ2) is 10.2. The van der Waals surface area contributed by atoms with Gasteiger partial charge in [-0.2, -0.15) is 0 Å². The summed E-state index contributed by atoms with van der Waals surface area (Å²) in [5.74, 6) is -0.00754. The molecule has 0 N–H and O–H groups in total. The predicted molar refractivity (Wildman–Crippen MR) is 56.1 cm³/mol. The van der Waals surface area contributed by atoms with Crippen LogP contribution in [0.5, 0.6) is 0 Å². The minimum Gasteiger partial charge on any atom is -0.380 e. The highest BCUT2D eigenvalue weighted by Crippen LogP contribution is 1.95. The molecule has 0 aromatic heterocycles. The fourth-order valence-corrected chi connectivity index (χ4v) is 2.11. The Balaban J connectivity index is 3.33. The monoisotopic (exact) mass is 205 g/mol. The average molecular weight is 205 g/mol. The molecule has 0 heterocycles. The zero-order valence-corrected chi connectivity index (χ0v) is 10.3. The zero-order valence-electron chi connectivity index (χ0n) is 8.91. The molecule has 0 saturated carbocycles. The summed E-state index contributed by atoms with van der Waals surface area (Å²) in [4.78, 5) is 0. The maximum absolute atomic E-state index is 5.39. The second-order valence-corrected chi connectivity index (χ2v) is 4.08. The van der Waals surface area contributed by atoms with E-state index >= 15 is 0 Å². The maximum Gasteiger partial charge on any atom is 0.137 e. The summed E-state index contributed by atoms with van der Waals surface area (Å²) in [5.41, 5.74) is 0. The summed E-state index contributed by atoms with van der Waals surface area (Å²) in [7, 11) is -0.509. The predicted octanol–water partition coefficient (Wildman–Crippen LogP) is 1.06. The van der Waals surface area contributed by atoms with Crippen LogP contribution in [0.3, 0.4) is 0 Å². The molecule has 0 bridgehead atoms. The minimum absolute atomic E-state index is 0.00754. The molecule has 0 unspecified atom stereocenters. The van der Waals surface area contributed by atoms with Crippen molar-refractivity contribution in [2.75, 3.05) is 19.8 Å². The molecule has 0 aromatic carbocycles. The van der Waals surface area contributed by atoms with E-state index < -0.39 is 9.52 Å². The van der Waals surface area contributed by atoms with Gasteiger partial charge < -0.3 is 14.2 Å². The third kappa shape index (κ3) is 8.43. The highest BCUT2D eigenvalue weighted by molar-refractivity contribution is 6.40. The van der Waals surface area contributed by atoms with Gasteiger partial charge in [-0.25, -0.2) is 0 Å². The summed E-state index contributed by atoms with van der Waals surface area (Å²) >= 11 is 0. The molecule has 0 fully saturated rings. The first-order valence-electron chi connectivity index (χ1n) is 5.01. The van der Waals surface area contributed by atoms with Crippen molar-refractivity contribution in [3.05, 3.63) is 6.23 Å². The largest absolute Gasteiger partial charge is 0.380 e. The Morgan fingerprint density at radius 1 is 1.15 bits per heavy atom. The van der Waals surface area contributed by atoms with Crippen molar-refractivity contribution in [3.63, 3.8) is 0 Å². The molecule has 0 spiro atoms. The van der Waals surface area contributed by atoms with Gasteiger partial charge in [0.05, 0.1) is 6.23 Å². The molecule has 0 saturated heterocycles. The molecule has 1 radical (unpaired) electrons. The highest BCUT2D eigenvalue weighted by atomic mass is 28.2. The Morgan fingerprint density at radius 3 is 2.23 bits per heavy atom. The van der Waals surface area contributed by atoms with Gasteiger partial charge in [0.2, 0.25) is 0 Å². The molecule has 0 aliphatic rings. The highest BCUT2D eigenvalue weighted by Gasteiger charge is 2.07. The van der Waals surface area contributed by atoms with E-state index in [9.17, 15) is 0 Å². The molecule has 0 aliphatic carbocycles. The molecule has 4 heteroatoms. The lowest BCUT2D eigenvalue weighted by molar-refractivity contribution is -0.0832. The van der Waals surface area contributed by atoms with E-state index in [4.69, 9.17) is 14.2 Å². The molecule has 0 amide bonds. The standard InChI is InChI=1S/C9H21O3Si/c1-4-7-10-8-13-9(11-5-2)12-6-3/h8-9H,4-7,13H2,1-3H3. The number of hydrogen-bond donors (Lipinski definition) is 0. The van der Waals surface area contributed by atoms with Gasteiger partial charge >= 0.3 is 0 Å². The third-order valence-corrected chi connectivity index (χ3v) is 2.72. The molecule has 0 atom stereocenters. The van der Waals surface area contributed by atoms with Crippen LogP contribution in [0.1, 0.15) is 27.2 Å². The van der Waals surface area contributed by atoms with Crippen LogP contribution in [-0.2, 0) is 14.2 Å². The van der Waals surface area contributed by atoms with Crippen molar-refractivity contribution >= 4 is 9.52 Å². The lowest BCUT2D eigenvalue weighted by Gasteiger charge is -2.15. The smallest absolute Gasteiger partial charge is 0.137 e. The van der Waals surface area contributed by atoms with Crippen molar-refractivity contribution in [1.29, 1.82) is 0 Å². The Morgan fingerprint density at radius 2 is 1.77 bits per heavy atom. The van der Waals surface area contributed by atoms with Crippen LogP contribution in [0.2, 0.25) is 0 Å². The van der Waals surface area contributed by atoms with Crippen LogP contribution in [-0.4, -0.2) is 35.3 Å². The molecule has 13 heavy (non-hydrogen) atoms. The van der Waals surface area contributed by atoms with Gasteiger partial charge in [-0.3, -0.25) is 0 Å². The van der Waals surface area contributed by atoms with Crippen molar-refractivity contribution in [2.24, 2.45) is 0 Å². The quantitative estimate of drug-likeness (QED) is 0.320. The minimum atomic E-state index is -0.509. The van der Waals surface area contributed by atoms with Crippen molar-refractivity contribution in [3.8, 4) is 0 Å². The molecule has 3 nitrogen and oxygen atoms in total. The number of rotatable bonds is 9. The van der Waals surface area contributed by atoms with Crippen LogP contribution in [0.15, 0.2) is 0 Å². The Labute approximate surface area is 83.6 Å². The van der Waals surface area contributed by atoms with Crippen molar-refractivity contribution in [1.82, 2.24) is 0 Å². The van der Waals surface area contributed by atoms with E-state index in [1.807, 2.05) is 20.1 Å². The van der Waals surface area contributed by atoms with Gasteiger partial charge in [-0.1, -0.05) is 6.92 Å². The molecular formula is C9H21O3Si. The van der Waals surface area contributed by atoms with Crippen LogP contribution in [0.25, 0.3) is 0 Å². The fraction of sp³-hybridized carbons (Fsp3) is 0.889. The van der Waals surface area contributed by atoms with Crippen LogP contribution < -0.4 is 0 Å². The van der Waals surface area contributed by atoms with Crippen LogP contribution >= 0.6 is 0 Å². The van der Waals surface area contributed by atoms with E-state index in [1.165, 1.54) is 0 Å². The first-order chi connectivity index (χ1) is 6.35. The first-order valence-corrected chi connectivity index (χ1v) is 6.64. The lowest BCUT2D eigenvalue weighted by atomic mass is 10.5. The summed E-state index contributed by atoms with van der Waals surface area (Å²) in [6.07, 6.45) is 2.96. The van der Waals surface area contributed by atoms with E-state index in [1.54, 1.807) is 0 Å². The Bertz CT molecular complexity index is 94.9. The van der Waals surface area contributed by atoms with E-state index in [0.717, 1.165) is 13.0 Å². The third-order valence-electron chi connectivity index (χ3n) is 1.43. The van der Waals surface area contributed by atoms with Gasteiger partial charge in [-0.15, -0.1) is 0 Å². The van der Waals surface area contributed by atoms with Gasteiger partial charge in [0.15, 0.2) is 0 Å². The summed E-state index contributed by atoms with van der Waals surface area (Å²) in [6, 6.07) is 0. The van der Waals surface area contributed by atoms with E-state index in [0.29, 0.717) is 13.2 Å². The van der Waals surface area contributed by atoms with E-state index in [2.05, 4.69) is 6.92 Å². The molecular weight excluding hydrogens is 184 g/mol. The Hall–Kier alpha value is 0.0969. The van der Waals surface area contributed by atoms with Gasteiger partial charge in [0.25, 0.3) is 0 Å². The maximum atomic E-state index is 5.39. The first kappa shape index (κ1) is 13.1. The summed E-state index contributed by atoms with van der Waals surface area (Å²) < 4.78 is 16.1. The van der Waals surface area contributed by atoms with Crippen LogP contribution in [0, 0.1) is 6.23 Å². The summed E-state index contributed by atoms with van der Waals surface area (Å²) in [6.45, 7) is 8.27. The number of ether oxygens (including phenoxy) is 3. The average Bonchev–Trinajstić information content (AvgIpc) is 2.13. The molecule has 0 aliphatic heterocycles. The van der Waals surface area contributed by atoms with Crippen molar-refractivity contribution < 1.29 is 14.2 Å². The Kier molecular flexibility index (Phi) is 10.3. The van der Waals surface area contributed by atoms with Crippen LogP contribution in [0.4, 0.5) is 0 Å². The lowest BCUT2D eigenvalue weighted by Crippen LogP contribution is -2.25.